The Morgan fingerprint density at radius 2 is 1.76 bits per heavy atom. The van der Waals surface area contributed by atoms with Gasteiger partial charge in [0.15, 0.2) is 0 Å². The average Bonchev–Trinajstić information content (AvgIpc) is 3.07. The number of piperidine rings is 1. The van der Waals surface area contributed by atoms with Crippen LogP contribution in [0.1, 0.15) is 49.3 Å². The molecular weight excluding hydrogens is 367 g/mol. The summed E-state index contributed by atoms with van der Waals surface area (Å²) in [7, 11) is 1.64. The van der Waals surface area contributed by atoms with E-state index in [-0.39, 0.29) is 17.8 Å². The highest BCUT2D eigenvalue weighted by Crippen LogP contribution is 2.33. The number of hydrogen-bond acceptors (Lipinski definition) is 3. The van der Waals surface area contributed by atoms with E-state index < -0.39 is 0 Å². The maximum atomic E-state index is 13.3. The van der Waals surface area contributed by atoms with E-state index in [1.165, 1.54) is 25.0 Å². The SMILES string of the molecule is COc1ccc(C(Cc2ccc(F)cc2)NC(=O)CC2CC3CCC(C2)N3)cc1. The van der Waals surface area contributed by atoms with E-state index in [1.54, 1.807) is 19.2 Å². The van der Waals surface area contributed by atoms with Crippen LogP contribution in [-0.4, -0.2) is 25.1 Å². The fraction of sp³-hybridized carbons (Fsp3) is 0.458. The molecule has 4 rings (SSSR count). The third-order valence-corrected chi connectivity index (χ3v) is 6.25. The number of methoxy groups -OCH3 is 1. The largest absolute Gasteiger partial charge is 0.497 e. The highest BCUT2D eigenvalue weighted by atomic mass is 19.1. The molecule has 2 bridgehead atoms. The molecule has 0 saturated carbocycles. The summed E-state index contributed by atoms with van der Waals surface area (Å²) in [4.78, 5) is 12.9. The quantitative estimate of drug-likeness (QED) is 0.739. The molecule has 0 radical (unpaired) electrons. The molecule has 0 aliphatic carbocycles. The number of rotatable bonds is 7. The van der Waals surface area contributed by atoms with Gasteiger partial charge in [-0.2, -0.15) is 0 Å². The number of benzene rings is 2. The van der Waals surface area contributed by atoms with Crippen LogP contribution in [-0.2, 0) is 11.2 Å². The maximum absolute atomic E-state index is 13.3. The summed E-state index contributed by atoms with van der Waals surface area (Å²) in [5, 5.41) is 6.87. The molecule has 2 heterocycles. The molecule has 2 aliphatic rings. The van der Waals surface area contributed by atoms with Gasteiger partial charge in [0.1, 0.15) is 11.6 Å². The Bertz CT molecular complexity index is 810. The van der Waals surface area contributed by atoms with Crippen molar-refractivity contribution >= 4 is 5.91 Å². The Morgan fingerprint density at radius 1 is 1.10 bits per heavy atom. The van der Waals surface area contributed by atoms with E-state index in [4.69, 9.17) is 4.74 Å². The molecule has 3 atom stereocenters. The number of nitrogens with one attached hydrogen (secondary N) is 2. The van der Waals surface area contributed by atoms with Gasteiger partial charge >= 0.3 is 0 Å². The summed E-state index contributed by atoms with van der Waals surface area (Å²) in [6.45, 7) is 0. The van der Waals surface area contributed by atoms with Gasteiger partial charge < -0.3 is 15.4 Å². The summed E-state index contributed by atoms with van der Waals surface area (Å²) >= 11 is 0. The molecule has 3 unspecified atom stereocenters. The fourth-order valence-electron chi connectivity index (χ4n) is 4.80. The number of ether oxygens (including phenoxy) is 1. The lowest BCUT2D eigenvalue weighted by Crippen LogP contribution is -2.40. The van der Waals surface area contributed by atoms with Crippen molar-refractivity contribution in [3.63, 3.8) is 0 Å². The minimum atomic E-state index is -0.251. The number of halogens is 1. The topological polar surface area (TPSA) is 50.4 Å². The van der Waals surface area contributed by atoms with Gasteiger partial charge in [-0.1, -0.05) is 24.3 Å². The first-order valence-corrected chi connectivity index (χ1v) is 10.5. The van der Waals surface area contributed by atoms with Crippen molar-refractivity contribution < 1.29 is 13.9 Å². The van der Waals surface area contributed by atoms with E-state index in [0.717, 1.165) is 29.7 Å². The van der Waals surface area contributed by atoms with Gasteiger partial charge in [-0.25, -0.2) is 4.39 Å². The van der Waals surface area contributed by atoms with Gasteiger partial charge in [0.05, 0.1) is 13.2 Å². The average molecular weight is 397 g/mol. The van der Waals surface area contributed by atoms with Crippen LogP contribution >= 0.6 is 0 Å². The van der Waals surface area contributed by atoms with E-state index in [0.29, 0.717) is 30.8 Å². The molecule has 1 amide bonds. The minimum Gasteiger partial charge on any atom is -0.497 e. The van der Waals surface area contributed by atoms with Crippen LogP contribution in [0.5, 0.6) is 5.75 Å². The number of amides is 1. The monoisotopic (exact) mass is 396 g/mol. The van der Waals surface area contributed by atoms with Crippen LogP contribution in [0.25, 0.3) is 0 Å². The second-order valence-electron chi connectivity index (χ2n) is 8.40. The Morgan fingerprint density at radius 3 is 2.38 bits per heavy atom. The Balaban J connectivity index is 1.44. The summed E-state index contributed by atoms with van der Waals surface area (Å²) < 4.78 is 18.5. The first kappa shape index (κ1) is 19.9. The smallest absolute Gasteiger partial charge is 0.220 e. The Kier molecular flexibility index (Phi) is 6.14. The normalized spacial score (nSPS) is 24.1. The standard InChI is InChI=1S/C24H29FN2O2/c1-29-22-10-4-18(5-11-22)23(14-16-2-6-19(25)7-3-16)27-24(28)15-17-12-20-8-9-21(13-17)26-20/h2-7,10-11,17,20-21,23,26H,8-9,12-15H2,1H3,(H,27,28). The highest BCUT2D eigenvalue weighted by molar-refractivity contribution is 5.76. The van der Waals surface area contributed by atoms with E-state index in [1.807, 2.05) is 24.3 Å². The zero-order valence-electron chi connectivity index (χ0n) is 16.9. The lowest BCUT2D eigenvalue weighted by atomic mass is 9.89. The van der Waals surface area contributed by atoms with Crippen LogP contribution in [0.3, 0.4) is 0 Å². The van der Waals surface area contributed by atoms with Crippen molar-refractivity contribution in [2.24, 2.45) is 5.92 Å². The Labute approximate surface area is 171 Å². The highest BCUT2D eigenvalue weighted by Gasteiger charge is 2.34. The lowest BCUT2D eigenvalue weighted by molar-refractivity contribution is -0.123. The molecule has 2 saturated heterocycles. The van der Waals surface area contributed by atoms with Gasteiger partial charge in [-0.3, -0.25) is 4.79 Å². The lowest BCUT2D eigenvalue weighted by Gasteiger charge is -2.29. The second-order valence-corrected chi connectivity index (χ2v) is 8.40. The molecule has 0 aromatic heterocycles. The van der Waals surface area contributed by atoms with E-state index >= 15 is 0 Å². The molecule has 2 aromatic rings. The molecule has 2 N–H and O–H groups in total. The number of carbonyl (C=O) groups excluding carboxylic acids is 1. The van der Waals surface area contributed by atoms with Crippen molar-refractivity contribution in [1.82, 2.24) is 10.6 Å². The van der Waals surface area contributed by atoms with Gasteiger partial charge in [-0.05, 0) is 73.4 Å². The molecule has 29 heavy (non-hydrogen) atoms. The third kappa shape index (κ3) is 5.15. The summed E-state index contributed by atoms with van der Waals surface area (Å²) in [5.41, 5.74) is 2.02. The molecule has 0 spiro atoms. The van der Waals surface area contributed by atoms with Gasteiger partial charge in [0.25, 0.3) is 0 Å². The Hall–Kier alpha value is -2.40. The minimum absolute atomic E-state index is 0.0965. The molecule has 2 aromatic carbocycles. The van der Waals surface area contributed by atoms with Crippen LogP contribution < -0.4 is 15.4 Å². The first-order valence-electron chi connectivity index (χ1n) is 10.5. The zero-order chi connectivity index (χ0) is 20.2. The number of fused-ring (bicyclic) bond motifs is 2. The summed E-state index contributed by atoms with van der Waals surface area (Å²) in [6, 6.07) is 15.3. The molecule has 5 heteroatoms. The predicted octanol–water partition coefficient (Wildman–Crippen LogP) is 4.16. The second kappa shape index (κ2) is 8.95. The maximum Gasteiger partial charge on any atom is 0.220 e. The number of carbonyl (C=O) groups is 1. The fourth-order valence-corrected chi connectivity index (χ4v) is 4.80. The molecule has 154 valence electrons. The van der Waals surface area contributed by atoms with Gasteiger partial charge in [0.2, 0.25) is 5.91 Å². The molecular formula is C24H29FN2O2. The summed E-state index contributed by atoms with van der Waals surface area (Å²) in [5.74, 6) is 1.08. The zero-order valence-corrected chi connectivity index (χ0v) is 16.9. The van der Waals surface area contributed by atoms with Gasteiger partial charge in [-0.15, -0.1) is 0 Å². The van der Waals surface area contributed by atoms with Crippen molar-refractivity contribution in [1.29, 1.82) is 0 Å². The van der Waals surface area contributed by atoms with Crippen molar-refractivity contribution in [3.8, 4) is 5.75 Å². The van der Waals surface area contributed by atoms with Crippen molar-refractivity contribution in [2.75, 3.05) is 7.11 Å². The molecule has 2 aliphatic heterocycles. The van der Waals surface area contributed by atoms with Gasteiger partial charge in [0, 0.05) is 18.5 Å². The van der Waals surface area contributed by atoms with Crippen LogP contribution in [0.15, 0.2) is 48.5 Å². The predicted molar refractivity (Wildman–Crippen MR) is 111 cm³/mol. The van der Waals surface area contributed by atoms with Crippen molar-refractivity contribution in [2.45, 2.75) is 56.7 Å². The van der Waals surface area contributed by atoms with E-state index in [2.05, 4.69) is 10.6 Å². The molecule has 4 nitrogen and oxygen atoms in total. The molecule has 2 fully saturated rings. The van der Waals surface area contributed by atoms with E-state index in [9.17, 15) is 9.18 Å². The van der Waals surface area contributed by atoms with Crippen LogP contribution in [0.2, 0.25) is 0 Å². The van der Waals surface area contributed by atoms with Crippen LogP contribution in [0.4, 0.5) is 4.39 Å². The first-order chi connectivity index (χ1) is 14.1. The van der Waals surface area contributed by atoms with Crippen molar-refractivity contribution in [3.05, 3.63) is 65.5 Å². The summed E-state index contributed by atoms with van der Waals surface area (Å²) in [6.07, 6.45) is 5.86. The number of hydrogen-bond donors (Lipinski definition) is 2. The third-order valence-electron chi connectivity index (χ3n) is 6.25. The van der Waals surface area contributed by atoms with Crippen LogP contribution in [0, 0.1) is 11.7 Å².